The molecule has 3 aromatic rings. The first-order valence-corrected chi connectivity index (χ1v) is 11.1. The molecule has 3 aromatic carbocycles. The van der Waals surface area contributed by atoms with Crippen LogP contribution in [0.2, 0.25) is 0 Å². The van der Waals surface area contributed by atoms with Crippen molar-refractivity contribution in [1.29, 1.82) is 0 Å². The first-order valence-electron chi connectivity index (χ1n) is 9.88. The second-order valence-corrected chi connectivity index (χ2v) is 8.13. The maximum Gasteiger partial charge on any atom is 0.252 e. The highest BCUT2D eigenvalue weighted by molar-refractivity contribution is 7.98. The highest BCUT2D eigenvalue weighted by atomic mass is 32.2. The quantitative estimate of drug-likeness (QED) is 0.452. The number of rotatable bonds is 6. The average molecular weight is 418 g/mol. The van der Waals surface area contributed by atoms with Gasteiger partial charge < -0.3 is 10.1 Å². The molecule has 0 saturated heterocycles. The van der Waals surface area contributed by atoms with Crippen molar-refractivity contribution < 1.29 is 14.3 Å². The molecule has 1 aliphatic heterocycles. The van der Waals surface area contributed by atoms with Gasteiger partial charge in [-0.25, -0.2) is 0 Å². The van der Waals surface area contributed by atoms with Gasteiger partial charge in [-0.1, -0.05) is 42.5 Å². The van der Waals surface area contributed by atoms with Crippen LogP contribution in [0.5, 0.6) is 5.75 Å². The smallest absolute Gasteiger partial charge is 0.252 e. The van der Waals surface area contributed by atoms with Gasteiger partial charge in [0, 0.05) is 16.9 Å². The lowest BCUT2D eigenvalue weighted by atomic mass is 9.95. The molecule has 152 valence electrons. The third kappa shape index (κ3) is 4.12. The fourth-order valence-corrected chi connectivity index (χ4v) is 4.37. The molecule has 0 unspecified atom stereocenters. The Morgan fingerprint density at radius 3 is 2.53 bits per heavy atom. The fourth-order valence-electron chi connectivity index (χ4n) is 3.78. The van der Waals surface area contributed by atoms with Crippen molar-refractivity contribution in [2.45, 2.75) is 24.3 Å². The Morgan fingerprint density at radius 1 is 1.03 bits per heavy atom. The van der Waals surface area contributed by atoms with Crippen LogP contribution < -0.4 is 10.1 Å². The van der Waals surface area contributed by atoms with Gasteiger partial charge in [-0.2, -0.15) is 0 Å². The number of carbonyl (C=O) groups excluding carboxylic acids is 2. The highest BCUT2D eigenvalue weighted by Crippen LogP contribution is 2.34. The van der Waals surface area contributed by atoms with Gasteiger partial charge in [0.1, 0.15) is 11.9 Å². The molecule has 1 N–H and O–H groups in total. The molecule has 1 amide bonds. The Labute approximate surface area is 180 Å². The van der Waals surface area contributed by atoms with Crippen LogP contribution >= 0.6 is 11.8 Å². The molecular weight excluding hydrogens is 394 g/mol. The van der Waals surface area contributed by atoms with Crippen molar-refractivity contribution in [1.82, 2.24) is 5.32 Å². The molecule has 1 aliphatic rings. The monoisotopic (exact) mass is 417 g/mol. The summed E-state index contributed by atoms with van der Waals surface area (Å²) in [4.78, 5) is 25.5. The summed E-state index contributed by atoms with van der Waals surface area (Å²) < 4.78 is 6.03. The Morgan fingerprint density at radius 2 is 1.77 bits per heavy atom. The van der Waals surface area contributed by atoms with Crippen LogP contribution in [0.4, 0.5) is 0 Å². The lowest BCUT2D eigenvalue weighted by Gasteiger charge is -2.13. The Kier molecular flexibility index (Phi) is 5.91. The second-order valence-electron chi connectivity index (χ2n) is 7.28. The van der Waals surface area contributed by atoms with Gasteiger partial charge in [0.05, 0.1) is 12.1 Å². The topological polar surface area (TPSA) is 55.4 Å². The summed E-state index contributed by atoms with van der Waals surface area (Å²) in [6.07, 6.45) is 2.57. The van der Waals surface area contributed by atoms with E-state index < -0.39 is 0 Å². The molecule has 0 fully saturated rings. The van der Waals surface area contributed by atoms with Gasteiger partial charge >= 0.3 is 0 Å². The third-order valence-electron chi connectivity index (χ3n) is 5.26. The molecule has 4 nitrogen and oxygen atoms in total. The van der Waals surface area contributed by atoms with E-state index in [-0.39, 0.29) is 17.8 Å². The van der Waals surface area contributed by atoms with Gasteiger partial charge in [-0.15, -0.1) is 11.8 Å². The normalized spacial score (nSPS) is 14.7. The zero-order valence-corrected chi connectivity index (χ0v) is 17.8. The van der Waals surface area contributed by atoms with Gasteiger partial charge in [0.15, 0.2) is 5.78 Å². The second kappa shape index (κ2) is 8.76. The molecule has 30 heavy (non-hydrogen) atoms. The zero-order chi connectivity index (χ0) is 21.1. The van der Waals surface area contributed by atoms with Gasteiger partial charge in [0.25, 0.3) is 5.91 Å². The average Bonchev–Trinajstić information content (AvgIpc) is 3.19. The lowest BCUT2D eigenvalue weighted by molar-refractivity contribution is 0.0930. The van der Waals surface area contributed by atoms with E-state index in [0.717, 1.165) is 33.8 Å². The maximum atomic E-state index is 12.6. The summed E-state index contributed by atoms with van der Waals surface area (Å²) in [6.45, 7) is 2.03. The van der Waals surface area contributed by atoms with Crippen molar-refractivity contribution in [2.75, 3.05) is 12.8 Å². The molecular formula is C25H23NO3S. The molecule has 0 spiro atoms. The van der Waals surface area contributed by atoms with E-state index in [1.807, 2.05) is 66.9 Å². The van der Waals surface area contributed by atoms with Crippen LogP contribution in [-0.2, 0) is 6.42 Å². The fraction of sp³-hybridized carbons (Fsp3) is 0.200. The van der Waals surface area contributed by atoms with Crippen molar-refractivity contribution in [3.63, 3.8) is 0 Å². The molecule has 0 radical (unpaired) electrons. The van der Waals surface area contributed by atoms with Crippen LogP contribution in [0.3, 0.4) is 0 Å². The van der Waals surface area contributed by atoms with E-state index in [0.29, 0.717) is 17.7 Å². The van der Waals surface area contributed by atoms with Gasteiger partial charge in [-0.05, 0) is 54.1 Å². The van der Waals surface area contributed by atoms with E-state index >= 15 is 0 Å². The number of hydrogen-bond acceptors (Lipinski definition) is 4. The Hall–Kier alpha value is -3.05. The SMILES string of the molecule is CSc1ccccc1C(=O)NC[C@H]1Cc2cc(-c3ccccc3C(C)=O)ccc2O1. The molecule has 0 aliphatic carbocycles. The summed E-state index contributed by atoms with van der Waals surface area (Å²) in [5.74, 6) is 0.798. The standard InChI is InChI=1S/C25H23NO3S/c1-16(27)20-7-3-4-8-21(20)17-11-12-23-18(13-17)14-19(29-23)15-26-25(28)22-9-5-6-10-24(22)30-2/h3-13,19H,14-15H2,1-2H3,(H,26,28)/t19-/m1/s1. The lowest BCUT2D eigenvalue weighted by Crippen LogP contribution is -2.34. The van der Waals surface area contributed by atoms with E-state index in [9.17, 15) is 9.59 Å². The number of ether oxygens (including phenoxy) is 1. The summed E-state index contributed by atoms with van der Waals surface area (Å²) in [6, 6.07) is 21.2. The minimum atomic E-state index is -0.108. The minimum absolute atomic E-state index is 0.0495. The summed E-state index contributed by atoms with van der Waals surface area (Å²) >= 11 is 1.56. The molecule has 1 atom stereocenters. The van der Waals surface area contributed by atoms with E-state index in [2.05, 4.69) is 11.4 Å². The molecule has 0 aromatic heterocycles. The van der Waals surface area contributed by atoms with Crippen LogP contribution in [0.25, 0.3) is 11.1 Å². The molecule has 4 rings (SSSR count). The van der Waals surface area contributed by atoms with Crippen molar-refractivity contribution >= 4 is 23.5 Å². The van der Waals surface area contributed by atoms with Gasteiger partial charge in [0.2, 0.25) is 0 Å². The largest absolute Gasteiger partial charge is 0.488 e. The molecule has 0 saturated carbocycles. The first-order chi connectivity index (χ1) is 14.6. The Bertz CT molecular complexity index is 1110. The number of hydrogen-bond donors (Lipinski definition) is 1. The van der Waals surface area contributed by atoms with Crippen LogP contribution in [0.15, 0.2) is 71.6 Å². The zero-order valence-electron chi connectivity index (χ0n) is 17.0. The minimum Gasteiger partial charge on any atom is -0.488 e. The predicted molar refractivity (Wildman–Crippen MR) is 121 cm³/mol. The van der Waals surface area contributed by atoms with Crippen LogP contribution in [0, 0.1) is 0 Å². The summed E-state index contributed by atoms with van der Waals surface area (Å²) in [7, 11) is 0. The third-order valence-corrected chi connectivity index (χ3v) is 6.06. The number of carbonyl (C=O) groups is 2. The molecule has 1 heterocycles. The van der Waals surface area contributed by atoms with Crippen molar-refractivity contribution in [2.24, 2.45) is 0 Å². The number of Topliss-reactive ketones (excluding diaryl/α,β-unsaturated/α-hetero) is 1. The van der Waals surface area contributed by atoms with E-state index in [1.54, 1.807) is 18.7 Å². The number of fused-ring (bicyclic) bond motifs is 1. The molecule has 5 heteroatoms. The van der Waals surface area contributed by atoms with Crippen molar-refractivity contribution in [3.05, 3.63) is 83.4 Å². The number of ketones is 1. The number of thioether (sulfide) groups is 1. The Balaban J connectivity index is 1.46. The summed E-state index contributed by atoms with van der Waals surface area (Å²) in [5, 5.41) is 3.00. The van der Waals surface area contributed by atoms with Gasteiger partial charge in [-0.3, -0.25) is 9.59 Å². The van der Waals surface area contributed by atoms with Crippen LogP contribution in [-0.4, -0.2) is 30.6 Å². The van der Waals surface area contributed by atoms with Crippen molar-refractivity contribution in [3.8, 4) is 16.9 Å². The predicted octanol–water partition coefficient (Wildman–Crippen LogP) is 5.01. The first kappa shape index (κ1) is 20.2. The van der Waals surface area contributed by atoms with E-state index in [4.69, 9.17) is 4.74 Å². The number of benzene rings is 3. The molecule has 0 bridgehead atoms. The number of amides is 1. The maximum absolute atomic E-state index is 12.6. The van der Waals surface area contributed by atoms with Crippen LogP contribution in [0.1, 0.15) is 33.2 Å². The number of nitrogens with one attached hydrogen (secondary N) is 1. The van der Waals surface area contributed by atoms with E-state index in [1.165, 1.54) is 0 Å². The summed E-state index contributed by atoms with van der Waals surface area (Å²) in [5.41, 5.74) is 4.42. The highest BCUT2D eigenvalue weighted by Gasteiger charge is 2.24.